The number of amides is 1. The first-order chi connectivity index (χ1) is 14.7. The molecule has 2 aromatic carbocycles. The number of oxime groups is 1. The second kappa shape index (κ2) is 8.29. The normalized spacial score (nSPS) is 18.3. The van der Waals surface area contributed by atoms with Crippen LogP contribution in [0.5, 0.6) is 0 Å². The second-order valence-electron chi connectivity index (χ2n) is 9.53. The standard InChI is InChI=1S/C26H29FN2O2/c1-25(2,3)21-10-7-19(8-11-21)9-12-24(30)29-15-13-26(14-16-29)18-23(28-31-26)20-5-4-6-22(27)17-20/h4-12,17H,13-16,18H2,1-3H3. The van der Waals surface area contributed by atoms with Gasteiger partial charge in [-0.1, -0.05) is 62.3 Å². The maximum Gasteiger partial charge on any atom is 0.246 e. The predicted octanol–water partition coefficient (Wildman–Crippen LogP) is 5.32. The Morgan fingerprint density at radius 2 is 1.84 bits per heavy atom. The minimum atomic E-state index is -0.384. The van der Waals surface area contributed by atoms with Gasteiger partial charge in [-0.3, -0.25) is 4.79 Å². The Labute approximate surface area is 183 Å². The fraction of sp³-hybridized carbons (Fsp3) is 0.385. The van der Waals surface area contributed by atoms with Crippen LogP contribution in [0.1, 0.15) is 56.7 Å². The molecule has 4 rings (SSSR count). The van der Waals surface area contributed by atoms with Crippen LogP contribution >= 0.6 is 0 Å². The molecule has 4 nitrogen and oxygen atoms in total. The van der Waals surface area contributed by atoms with E-state index in [0.717, 1.165) is 29.7 Å². The molecule has 0 bridgehead atoms. The van der Waals surface area contributed by atoms with Crippen molar-refractivity contribution in [1.82, 2.24) is 4.90 Å². The fourth-order valence-corrected chi connectivity index (χ4v) is 4.11. The first-order valence-electron chi connectivity index (χ1n) is 10.8. The summed E-state index contributed by atoms with van der Waals surface area (Å²) in [6.45, 7) is 7.80. The molecule has 1 amide bonds. The highest BCUT2D eigenvalue weighted by Crippen LogP contribution is 2.36. The molecule has 0 aliphatic carbocycles. The zero-order chi connectivity index (χ0) is 22.1. The Morgan fingerprint density at radius 1 is 1.13 bits per heavy atom. The molecule has 5 heteroatoms. The van der Waals surface area contributed by atoms with Gasteiger partial charge in [-0.25, -0.2) is 4.39 Å². The molecule has 0 aromatic heterocycles. The van der Waals surface area contributed by atoms with E-state index in [0.29, 0.717) is 19.5 Å². The summed E-state index contributed by atoms with van der Waals surface area (Å²) in [4.78, 5) is 20.3. The average Bonchev–Trinajstić information content (AvgIpc) is 3.16. The molecule has 0 atom stereocenters. The molecule has 2 aliphatic rings. The number of nitrogens with zero attached hydrogens (tertiary/aromatic N) is 2. The number of benzene rings is 2. The largest absolute Gasteiger partial charge is 0.388 e. The molecule has 2 heterocycles. The number of hydrogen-bond donors (Lipinski definition) is 0. The van der Waals surface area contributed by atoms with Gasteiger partial charge in [0.25, 0.3) is 0 Å². The molecule has 2 aliphatic heterocycles. The smallest absolute Gasteiger partial charge is 0.246 e. The summed E-state index contributed by atoms with van der Waals surface area (Å²) in [5, 5.41) is 4.23. The summed E-state index contributed by atoms with van der Waals surface area (Å²) in [5.74, 6) is -0.264. The molecule has 2 aromatic rings. The summed E-state index contributed by atoms with van der Waals surface area (Å²) in [5.41, 5.74) is 3.55. The molecule has 162 valence electrons. The van der Waals surface area contributed by atoms with Crippen LogP contribution in [0.15, 0.2) is 59.8 Å². The Hall–Kier alpha value is -2.95. The van der Waals surface area contributed by atoms with Crippen LogP contribution in [0, 0.1) is 5.82 Å². The number of hydrogen-bond acceptors (Lipinski definition) is 3. The Balaban J connectivity index is 1.32. The van der Waals surface area contributed by atoms with Crippen molar-refractivity contribution in [2.24, 2.45) is 5.16 Å². The van der Waals surface area contributed by atoms with Gasteiger partial charge in [0.15, 0.2) is 0 Å². The summed E-state index contributed by atoms with van der Waals surface area (Å²) in [6, 6.07) is 14.8. The van der Waals surface area contributed by atoms with E-state index in [1.807, 2.05) is 29.2 Å². The lowest BCUT2D eigenvalue weighted by atomic mass is 9.85. The third-order valence-electron chi connectivity index (χ3n) is 6.18. The number of piperidine rings is 1. The van der Waals surface area contributed by atoms with Crippen molar-refractivity contribution in [1.29, 1.82) is 0 Å². The van der Waals surface area contributed by atoms with Crippen LogP contribution in [-0.4, -0.2) is 35.2 Å². The van der Waals surface area contributed by atoms with E-state index in [-0.39, 0.29) is 22.7 Å². The molecule has 1 fully saturated rings. The van der Waals surface area contributed by atoms with E-state index in [1.54, 1.807) is 12.1 Å². The molecule has 0 radical (unpaired) electrons. The number of halogens is 1. The molecular formula is C26H29FN2O2. The third-order valence-corrected chi connectivity index (χ3v) is 6.18. The van der Waals surface area contributed by atoms with Crippen molar-refractivity contribution >= 4 is 17.7 Å². The van der Waals surface area contributed by atoms with E-state index in [9.17, 15) is 9.18 Å². The highest BCUT2D eigenvalue weighted by molar-refractivity contribution is 6.01. The first kappa shape index (κ1) is 21.3. The van der Waals surface area contributed by atoms with Gasteiger partial charge in [-0.2, -0.15) is 0 Å². The quantitative estimate of drug-likeness (QED) is 0.631. The Morgan fingerprint density at radius 3 is 2.48 bits per heavy atom. The molecular weight excluding hydrogens is 391 g/mol. The van der Waals surface area contributed by atoms with Gasteiger partial charge in [-0.05, 0) is 34.8 Å². The molecule has 0 N–H and O–H groups in total. The van der Waals surface area contributed by atoms with Crippen LogP contribution in [0.3, 0.4) is 0 Å². The van der Waals surface area contributed by atoms with Crippen LogP contribution in [-0.2, 0) is 15.0 Å². The van der Waals surface area contributed by atoms with Crippen molar-refractivity contribution in [2.45, 2.75) is 51.0 Å². The van der Waals surface area contributed by atoms with Crippen LogP contribution in [0.4, 0.5) is 4.39 Å². The lowest BCUT2D eigenvalue weighted by Crippen LogP contribution is -2.46. The molecule has 31 heavy (non-hydrogen) atoms. The van der Waals surface area contributed by atoms with Crippen molar-refractivity contribution in [3.63, 3.8) is 0 Å². The highest BCUT2D eigenvalue weighted by Gasteiger charge is 2.42. The highest BCUT2D eigenvalue weighted by atomic mass is 19.1. The average molecular weight is 421 g/mol. The van der Waals surface area contributed by atoms with Crippen molar-refractivity contribution in [2.75, 3.05) is 13.1 Å². The van der Waals surface area contributed by atoms with E-state index >= 15 is 0 Å². The zero-order valence-electron chi connectivity index (χ0n) is 18.4. The van der Waals surface area contributed by atoms with E-state index in [1.165, 1.54) is 17.7 Å². The molecule has 1 spiro atoms. The number of carbonyl (C=O) groups is 1. The zero-order valence-corrected chi connectivity index (χ0v) is 18.4. The SMILES string of the molecule is CC(C)(C)c1ccc(C=CC(=O)N2CCC3(CC2)CC(c2cccc(F)c2)=NO3)cc1. The predicted molar refractivity (Wildman–Crippen MR) is 121 cm³/mol. The molecule has 1 saturated heterocycles. The summed E-state index contributed by atoms with van der Waals surface area (Å²) in [7, 11) is 0. The van der Waals surface area contributed by atoms with Gasteiger partial charge in [0.1, 0.15) is 11.4 Å². The Kier molecular flexibility index (Phi) is 5.69. The topological polar surface area (TPSA) is 41.9 Å². The first-order valence-corrected chi connectivity index (χ1v) is 10.8. The van der Waals surface area contributed by atoms with Gasteiger partial charge in [0, 0.05) is 44.0 Å². The maximum atomic E-state index is 13.5. The van der Waals surface area contributed by atoms with Gasteiger partial charge in [0.05, 0.1) is 5.71 Å². The van der Waals surface area contributed by atoms with Crippen LogP contribution in [0.2, 0.25) is 0 Å². The van der Waals surface area contributed by atoms with Gasteiger partial charge in [0.2, 0.25) is 5.91 Å². The van der Waals surface area contributed by atoms with Gasteiger partial charge < -0.3 is 9.74 Å². The Bertz CT molecular complexity index is 1010. The molecule has 0 unspecified atom stereocenters. The summed E-state index contributed by atoms with van der Waals surface area (Å²) >= 11 is 0. The summed E-state index contributed by atoms with van der Waals surface area (Å²) < 4.78 is 13.5. The van der Waals surface area contributed by atoms with Crippen LogP contribution < -0.4 is 0 Å². The minimum absolute atomic E-state index is 0.0130. The van der Waals surface area contributed by atoms with Gasteiger partial charge in [-0.15, -0.1) is 0 Å². The maximum absolute atomic E-state index is 13.5. The number of likely N-dealkylation sites (tertiary alicyclic amines) is 1. The van der Waals surface area contributed by atoms with Crippen LogP contribution in [0.25, 0.3) is 6.08 Å². The van der Waals surface area contributed by atoms with Crippen molar-refractivity contribution < 1.29 is 14.0 Å². The monoisotopic (exact) mass is 420 g/mol. The lowest BCUT2D eigenvalue weighted by Gasteiger charge is -2.36. The van der Waals surface area contributed by atoms with Crippen molar-refractivity contribution in [3.8, 4) is 0 Å². The fourth-order valence-electron chi connectivity index (χ4n) is 4.11. The lowest BCUT2D eigenvalue weighted by molar-refractivity contribution is -0.131. The van der Waals surface area contributed by atoms with Crippen molar-refractivity contribution in [3.05, 3.63) is 77.1 Å². The molecule has 0 saturated carbocycles. The number of rotatable bonds is 3. The minimum Gasteiger partial charge on any atom is -0.388 e. The number of carbonyl (C=O) groups excluding carboxylic acids is 1. The van der Waals surface area contributed by atoms with E-state index in [4.69, 9.17) is 4.84 Å². The summed E-state index contributed by atoms with van der Waals surface area (Å²) in [6.07, 6.45) is 5.60. The second-order valence-corrected chi connectivity index (χ2v) is 9.53. The van der Waals surface area contributed by atoms with Gasteiger partial charge >= 0.3 is 0 Å². The third kappa shape index (κ3) is 4.87. The van der Waals surface area contributed by atoms with E-state index < -0.39 is 0 Å². The van der Waals surface area contributed by atoms with E-state index in [2.05, 4.69) is 38.1 Å².